The fourth-order valence-electron chi connectivity index (χ4n) is 1.33. The number of hydrogen-bond donors (Lipinski definition) is 1. The van der Waals surface area contributed by atoms with Crippen LogP contribution in [0.3, 0.4) is 0 Å². The van der Waals surface area contributed by atoms with E-state index in [-0.39, 0.29) is 12.4 Å². The Hall–Kier alpha value is -0.980. The Bertz CT molecular complexity index is 578. The summed E-state index contributed by atoms with van der Waals surface area (Å²) < 4.78 is 19.6. The quantitative estimate of drug-likeness (QED) is 0.879. The number of pyridine rings is 1. The standard InChI is InChI=1S/C12H8Br2FNO2/c13-8-3-7(6-17)12(16-5-8)18-9-1-2-11(15)10(14)4-9/h1-5,17H,6H2. The molecular formula is C12H8Br2FNO2. The molecule has 2 aromatic rings. The van der Waals surface area contributed by atoms with E-state index in [1.165, 1.54) is 18.2 Å². The lowest BCUT2D eigenvalue weighted by molar-refractivity contribution is 0.275. The monoisotopic (exact) mass is 375 g/mol. The summed E-state index contributed by atoms with van der Waals surface area (Å²) in [6.07, 6.45) is 1.56. The molecule has 0 unspecified atom stereocenters. The van der Waals surface area contributed by atoms with E-state index < -0.39 is 0 Å². The normalized spacial score (nSPS) is 10.4. The molecule has 0 aliphatic heterocycles. The molecule has 0 atom stereocenters. The van der Waals surface area contributed by atoms with Crippen molar-refractivity contribution in [3.05, 3.63) is 50.8 Å². The molecule has 0 spiro atoms. The largest absolute Gasteiger partial charge is 0.439 e. The zero-order valence-electron chi connectivity index (χ0n) is 9.03. The van der Waals surface area contributed by atoms with Crippen molar-refractivity contribution in [2.45, 2.75) is 6.61 Å². The van der Waals surface area contributed by atoms with E-state index in [1.807, 2.05) is 0 Å². The molecule has 94 valence electrons. The summed E-state index contributed by atoms with van der Waals surface area (Å²) in [4.78, 5) is 4.06. The Morgan fingerprint density at radius 2 is 2.06 bits per heavy atom. The van der Waals surface area contributed by atoms with Crippen molar-refractivity contribution in [1.82, 2.24) is 4.98 Å². The van der Waals surface area contributed by atoms with E-state index in [4.69, 9.17) is 4.74 Å². The lowest BCUT2D eigenvalue weighted by atomic mass is 10.3. The van der Waals surface area contributed by atoms with Crippen LogP contribution in [0.15, 0.2) is 39.4 Å². The first kappa shape index (κ1) is 13.5. The lowest BCUT2D eigenvalue weighted by Crippen LogP contribution is -1.95. The molecule has 0 saturated heterocycles. The number of halogens is 3. The van der Waals surface area contributed by atoms with Gasteiger partial charge in [-0.3, -0.25) is 0 Å². The van der Waals surface area contributed by atoms with Crippen molar-refractivity contribution in [2.24, 2.45) is 0 Å². The molecule has 1 aromatic carbocycles. The molecule has 0 aliphatic rings. The predicted octanol–water partition coefficient (Wildman–Crippen LogP) is 4.03. The maximum atomic E-state index is 13.1. The molecule has 0 radical (unpaired) electrons. The lowest BCUT2D eigenvalue weighted by Gasteiger charge is -2.09. The fourth-order valence-corrected chi connectivity index (χ4v) is 2.06. The first-order chi connectivity index (χ1) is 8.60. The molecule has 1 N–H and O–H groups in total. The van der Waals surface area contributed by atoms with Crippen LogP contribution in [0.1, 0.15) is 5.56 Å². The number of nitrogens with zero attached hydrogens (tertiary/aromatic N) is 1. The highest BCUT2D eigenvalue weighted by atomic mass is 79.9. The van der Waals surface area contributed by atoms with Gasteiger partial charge in [-0.15, -0.1) is 0 Å². The van der Waals surface area contributed by atoms with Crippen LogP contribution >= 0.6 is 31.9 Å². The van der Waals surface area contributed by atoms with Gasteiger partial charge in [0.1, 0.15) is 11.6 Å². The minimum absolute atomic E-state index is 0.190. The van der Waals surface area contributed by atoms with Crippen LogP contribution in [-0.4, -0.2) is 10.1 Å². The summed E-state index contributed by atoms with van der Waals surface area (Å²) in [5.74, 6) is 0.362. The van der Waals surface area contributed by atoms with Crippen molar-refractivity contribution in [3.63, 3.8) is 0 Å². The van der Waals surface area contributed by atoms with Crippen molar-refractivity contribution in [3.8, 4) is 11.6 Å². The number of ether oxygens (including phenoxy) is 1. The number of aliphatic hydroxyl groups excluding tert-OH is 1. The van der Waals surface area contributed by atoms with Crippen LogP contribution in [-0.2, 0) is 6.61 Å². The van der Waals surface area contributed by atoms with Crippen molar-refractivity contribution < 1.29 is 14.2 Å². The van der Waals surface area contributed by atoms with Crippen molar-refractivity contribution in [2.75, 3.05) is 0 Å². The third-order valence-electron chi connectivity index (χ3n) is 2.17. The fraction of sp³-hybridized carbons (Fsp3) is 0.0833. The third-order valence-corrected chi connectivity index (χ3v) is 3.21. The van der Waals surface area contributed by atoms with Gasteiger partial charge in [0.15, 0.2) is 0 Å². The zero-order valence-corrected chi connectivity index (χ0v) is 12.2. The van der Waals surface area contributed by atoms with Crippen molar-refractivity contribution >= 4 is 31.9 Å². The van der Waals surface area contributed by atoms with Gasteiger partial charge in [-0.1, -0.05) is 0 Å². The van der Waals surface area contributed by atoms with E-state index in [9.17, 15) is 9.50 Å². The molecule has 3 nitrogen and oxygen atoms in total. The molecule has 6 heteroatoms. The van der Waals surface area contributed by atoms with Crippen LogP contribution in [0, 0.1) is 5.82 Å². The molecule has 0 bridgehead atoms. The summed E-state index contributed by atoms with van der Waals surface area (Å²) in [5.41, 5.74) is 0.546. The van der Waals surface area contributed by atoms with Crippen molar-refractivity contribution in [1.29, 1.82) is 0 Å². The van der Waals surface area contributed by atoms with Crippen LogP contribution in [0.4, 0.5) is 4.39 Å². The van der Waals surface area contributed by atoms with Gasteiger partial charge in [-0.05, 0) is 56.1 Å². The molecule has 0 saturated carbocycles. The molecule has 18 heavy (non-hydrogen) atoms. The highest BCUT2D eigenvalue weighted by Gasteiger charge is 2.08. The van der Waals surface area contributed by atoms with E-state index in [0.29, 0.717) is 21.7 Å². The number of aliphatic hydroxyl groups is 1. The Kier molecular flexibility index (Phi) is 4.31. The number of aromatic nitrogens is 1. The van der Waals surface area contributed by atoms with Gasteiger partial charge in [-0.25, -0.2) is 9.37 Å². The van der Waals surface area contributed by atoms with Gasteiger partial charge in [0.25, 0.3) is 0 Å². The summed E-state index contributed by atoms with van der Waals surface area (Å²) in [6.45, 7) is -0.190. The summed E-state index contributed by atoms with van der Waals surface area (Å²) in [7, 11) is 0. The van der Waals surface area contributed by atoms with Crippen LogP contribution in [0.5, 0.6) is 11.6 Å². The highest BCUT2D eigenvalue weighted by molar-refractivity contribution is 9.10. The van der Waals surface area contributed by atoms with E-state index >= 15 is 0 Å². The highest BCUT2D eigenvalue weighted by Crippen LogP contribution is 2.28. The molecule has 0 amide bonds. The molecule has 1 aromatic heterocycles. The molecular weight excluding hydrogens is 369 g/mol. The Morgan fingerprint density at radius 3 is 2.72 bits per heavy atom. The maximum absolute atomic E-state index is 13.1. The Labute approximate surface area is 120 Å². The van der Waals surface area contributed by atoms with Crippen LogP contribution < -0.4 is 4.74 Å². The van der Waals surface area contributed by atoms with Gasteiger partial charge in [-0.2, -0.15) is 0 Å². The Balaban J connectivity index is 2.30. The van der Waals surface area contributed by atoms with Gasteiger partial charge >= 0.3 is 0 Å². The molecule has 0 fully saturated rings. The summed E-state index contributed by atoms with van der Waals surface area (Å²) in [6, 6.07) is 5.99. The first-order valence-corrected chi connectivity index (χ1v) is 6.57. The second kappa shape index (κ2) is 5.77. The van der Waals surface area contributed by atoms with E-state index in [1.54, 1.807) is 12.3 Å². The third kappa shape index (κ3) is 3.07. The average molecular weight is 377 g/mol. The van der Waals surface area contributed by atoms with Crippen LogP contribution in [0.2, 0.25) is 0 Å². The molecule has 0 aliphatic carbocycles. The second-order valence-electron chi connectivity index (χ2n) is 3.45. The number of benzene rings is 1. The minimum Gasteiger partial charge on any atom is -0.439 e. The van der Waals surface area contributed by atoms with E-state index in [2.05, 4.69) is 36.8 Å². The topological polar surface area (TPSA) is 42.4 Å². The molecule has 1 heterocycles. The van der Waals surface area contributed by atoms with Gasteiger partial charge < -0.3 is 9.84 Å². The predicted molar refractivity (Wildman–Crippen MR) is 72.0 cm³/mol. The second-order valence-corrected chi connectivity index (χ2v) is 5.22. The Morgan fingerprint density at radius 1 is 1.28 bits per heavy atom. The van der Waals surface area contributed by atoms with Gasteiger partial charge in [0, 0.05) is 16.2 Å². The average Bonchev–Trinajstić information content (AvgIpc) is 2.36. The van der Waals surface area contributed by atoms with E-state index in [0.717, 1.165) is 4.47 Å². The zero-order chi connectivity index (χ0) is 13.1. The maximum Gasteiger partial charge on any atom is 0.224 e. The van der Waals surface area contributed by atoms with Gasteiger partial charge in [0.05, 0.1) is 11.1 Å². The minimum atomic E-state index is -0.367. The SMILES string of the molecule is OCc1cc(Br)cnc1Oc1ccc(F)c(Br)c1. The molecule has 2 rings (SSSR count). The van der Waals surface area contributed by atoms with Crippen LogP contribution in [0.25, 0.3) is 0 Å². The summed E-state index contributed by atoms with van der Waals surface area (Å²) >= 11 is 6.33. The van der Waals surface area contributed by atoms with Gasteiger partial charge in [0.2, 0.25) is 5.88 Å². The first-order valence-electron chi connectivity index (χ1n) is 4.98. The summed E-state index contributed by atoms with van der Waals surface area (Å²) in [5, 5.41) is 9.21. The number of rotatable bonds is 3. The smallest absolute Gasteiger partial charge is 0.224 e. The number of hydrogen-bond acceptors (Lipinski definition) is 3.